The highest BCUT2D eigenvalue weighted by molar-refractivity contribution is 5.85. The minimum absolute atomic E-state index is 0. The van der Waals surface area contributed by atoms with Crippen LogP contribution in [0.15, 0.2) is 0 Å². The van der Waals surface area contributed by atoms with Crippen LogP contribution in [0.5, 0.6) is 0 Å². The molecule has 0 radical (unpaired) electrons. The van der Waals surface area contributed by atoms with Gasteiger partial charge in [0.2, 0.25) is 5.91 Å². The average Bonchev–Trinajstić information content (AvgIpc) is 2.09. The van der Waals surface area contributed by atoms with Crippen molar-refractivity contribution in [2.24, 2.45) is 0 Å². The van der Waals surface area contributed by atoms with E-state index in [2.05, 4.69) is 5.32 Å². The Kier molecular flexibility index (Phi) is 6.23. The van der Waals surface area contributed by atoms with E-state index in [4.69, 9.17) is 4.74 Å². The lowest BCUT2D eigenvalue weighted by atomic mass is 10.3. The van der Waals surface area contributed by atoms with Crippen LogP contribution in [0.3, 0.4) is 0 Å². The third kappa shape index (κ3) is 3.93. The number of hydrogen-bond acceptors (Lipinski definition) is 4. The number of rotatable bonds is 3. The minimum Gasteiger partial charge on any atom is -0.465 e. The monoisotopic (exact) mass is 222 g/mol. The van der Waals surface area contributed by atoms with E-state index in [0.717, 1.165) is 6.54 Å². The number of esters is 1. The Morgan fingerprint density at radius 1 is 1.64 bits per heavy atom. The maximum Gasteiger partial charge on any atom is 0.325 e. The first kappa shape index (κ1) is 13.2. The highest BCUT2D eigenvalue weighted by Crippen LogP contribution is 1.94. The Bertz CT molecular complexity index is 211. The molecule has 82 valence electrons. The molecule has 1 heterocycles. The van der Waals surface area contributed by atoms with Gasteiger partial charge in [0.05, 0.1) is 13.2 Å². The van der Waals surface area contributed by atoms with Gasteiger partial charge in [-0.25, -0.2) is 0 Å². The first-order valence-corrected chi connectivity index (χ1v) is 4.38. The van der Waals surface area contributed by atoms with Crippen molar-refractivity contribution in [3.05, 3.63) is 0 Å². The molecule has 0 saturated carbocycles. The molecule has 14 heavy (non-hydrogen) atoms. The maximum absolute atomic E-state index is 11.2. The zero-order valence-electron chi connectivity index (χ0n) is 8.12. The largest absolute Gasteiger partial charge is 0.465 e. The molecule has 1 aliphatic rings. The summed E-state index contributed by atoms with van der Waals surface area (Å²) in [7, 11) is 0. The molecular formula is C8H15ClN2O3. The minimum atomic E-state index is -0.335. The summed E-state index contributed by atoms with van der Waals surface area (Å²) < 4.78 is 4.74. The standard InChI is InChI=1S/C8H14N2O3.ClH/c1-2-13-8(12)6-10-4-3-9-5-7(10)11;/h9H,2-6H2,1H3;1H. The third-order valence-corrected chi connectivity index (χ3v) is 1.81. The first-order valence-electron chi connectivity index (χ1n) is 4.38. The second-order valence-corrected chi connectivity index (χ2v) is 2.80. The Labute approximate surface area is 89.2 Å². The highest BCUT2D eigenvalue weighted by Gasteiger charge is 2.20. The zero-order chi connectivity index (χ0) is 9.68. The topological polar surface area (TPSA) is 58.6 Å². The SMILES string of the molecule is CCOC(=O)CN1CCNCC1=O.Cl. The van der Waals surface area contributed by atoms with E-state index in [1.165, 1.54) is 4.90 Å². The van der Waals surface area contributed by atoms with Crippen molar-refractivity contribution in [2.45, 2.75) is 6.92 Å². The third-order valence-electron chi connectivity index (χ3n) is 1.81. The van der Waals surface area contributed by atoms with E-state index in [1.54, 1.807) is 6.92 Å². The fraction of sp³-hybridized carbons (Fsp3) is 0.750. The molecule has 1 fully saturated rings. The lowest BCUT2D eigenvalue weighted by Gasteiger charge is -2.26. The first-order chi connectivity index (χ1) is 6.24. The molecule has 0 spiro atoms. The van der Waals surface area contributed by atoms with Crippen LogP contribution in [0.4, 0.5) is 0 Å². The normalized spacial score (nSPS) is 16.1. The van der Waals surface area contributed by atoms with E-state index >= 15 is 0 Å². The smallest absolute Gasteiger partial charge is 0.325 e. The van der Waals surface area contributed by atoms with E-state index < -0.39 is 0 Å². The average molecular weight is 223 g/mol. The lowest BCUT2D eigenvalue weighted by Crippen LogP contribution is -2.49. The molecule has 1 rings (SSSR count). The Balaban J connectivity index is 0.00000169. The molecule has 1 aliphatic heterocycles. The number of hydrogen-bond donors (Lipinski definition) is 1. The van der Waals surface area contributed by atoms with Crippen molar-refractivity contribution in [3.63, 3.8) is 0 Å². The molecule has 6 heteroatoms. The maximum atomic E-state index is 11.2. The van der Waals surface area contributed by atoms with Crippen LogP contribution in [0.1, 0.15) is 6.92 Å². The van der Waals surface area contributed by atoms with Crippen LogP contribution in [0, 0.1) is 0 Å². The van der Waals surface area contributed by atoms with Gasteiger partial charge in [0.1, 0.15) is 6.54 Å². The van der Waals surface area contributed by atoms with E-state index in [-0.39, 0.29) is 30.8 Å². The van der Waals surface area contributed by atoms with Crippen LogP contribution in [-0.4, -0.2) is 49.6 Å². The predicted molar refractivity (Wildman–Crippen MR) is 53.3 cm³/mol. The Morgan fingerprint density at radius 2 is 2.36 bits per heavy atom. The van der Waals surface area contributed by atoms with Crippen molar-refractivity contribution in [1.82, 2.24) is 10.2 Å². The van der Waals surface area contributed by atoms with Gasteiger partial charge in [0.15, 0.2) is 0 Å². The van der Waals surface area contributed by atoms with Crippen molar-refractivity contribution in [1.29, 1.82) is 0 Å². The number of amides is 1. The summed E-state index contributed by atoms with van der Waals surface area (Å²) in [6, 6.07) is 0. The molecule has 1 saturated heterocycles. The van der Waals surface area contributed by atoms with Gasteiger partial charge in [-0.2, -0.15) is 0 Å². The van der Waals surface area contributed by atoms with Gasteiger partial charge in [-0.1, -0.05) is 0 Å². The lowest BCUT2D eigenvalue weighted by molar-refractivity contribution is -0.149. The molecule has 1 amide bonds. The number of nitrogens with one attached hydrogen (secondary N) is 1. The fourth-order valence-corrected chi connectivity index (χ4v) is 1.18. The highest BCUT2D eigenvalue weighted by atomic mass is 35.5. The molecule has 0 bridgehead atoms. The summed E-state index contributed by atoms with van der Waals surface area (Å²) in [5.41, 5.74) is 0. The van der Waals surface area contributed by atoms with Crippen molar-refractivity contribution >= 4 is 24.3 Å². The number of ether oxygens (including phenoxy) is 1. The van der Waals surface area contributed by atoms with Crippen LogP contribution >= 0.6 is 12.4 Å². The summed E-state index contributed by atoms with van der Waals surface area (Å²) in [4.78, 5) is 23.7. The van der Waals surface area contributed by atoms with Gasteiger partial charge in [-0.15, -0.1) is 12.4 Å². The van der Waals surface area contributed by atoms with E-state index in [9.17, 15) is 9.59 Å². The van der Waals surface area contributed by atoms with Crippen LogP contribution in [-0.2, 0) is 14.3 Å². The molecular weight excluding hydrogens is 208 g/mol. The van der Waals surface area contributed by atoms with Crippen molar-refractivity contribution < 1.29 is 14.3 Å². The molecule has 0 aliphatic carbocycles. The molecule has 0 unspecified atom stereocenters. The molecule has 5 nitrogen and oxygen atoms in total. The summed E-state index contributed by atoms with van der Waals surface area (Å²) in [5.74, 6) is -0.378. The van der Waals surface area contributed by atoms with Crippen LogP contribution < -0.4 is 5.32 Å². The quantitative estimate of drug-likeness (QED) is 0.649. The second-order valence-electron chi connectivity index (χ2n) is 2.80. The van der Waals surface area contributed by atoms with Gasteiger partial charge in [-0.3, -0.25) is 9.59 Å². The summed E-state index contributed by atoms with van der Waals surface area (Å²) in [5, 5.41) is 2.93. The zero-order valence-corrected chi connectivity index (χ0v) is 8.93. The van der Waals surface area contributed by atoms with Gasteiger partial charge in [0, 0.05) is 13.1 Å². The van der Waals surface area contributed by atoms with Gasteiger partial charge < -0.3 is 15.0 Å². The van der Waals surface area contributed by atoms with Gasteiger partial charge in [-0.05, 0) is 6.92 Å². The molecule has 1 N–H and O–H groups in total. The summed E-state index contributed by atoms with van der Waals surface area (Å²) in [6.07, 6.45) is 0. The molecule has 0 atom stereocenters. The van der Waals surface area contributed by atoms with E-state index in [0.29, 0.717) is 19.7 Å². The van der Waals surface area contributed by atoms with Crippen LogP contribution in [0.2, 0.25) is 0 Å². The molecule has 0 aromatic carbocycles. The Hall–Kier alpha value is -0.810. The summed E-state index contributed by atoms with van der Waals surface area (Å²) in [6.45, 7) is 3.83. The fourth-order valence-electron chi connectivity index (χ4n) is 1.18. The second kappa shape index (κ2) is 6.62. The van der Waals surface area contributed by atoms with E-state index in [1.807, 2.05) is 0 Å². The molecule has 0 aromatic heterocycles. The van der Waals surface area contributed by atoms with Gasteiger partial charge >= 0.3 is 5.97 Å². The Morgan fingerprint density at radius 3 is 2.93 bits per heavy atom. The van der Waals surface area contributed by atoms with Crippen molar-refractivity contribution in [3.8, 4) is 0 Å². The number of piperazine rings is 1. The van der Waals surface area contributed by atoms with Crippen molar-refractivity contribution in [2.75, 3.05) is 32.8 Å². The molecule has 0 aromatic rings. The predicted octanol–water partition coefficient (Wildman–Crippen LogP) is -0.597. The number of nitrogens with zero attached hydrogens (tertiary/aromatic N) is 1. The summed E-state index contributed by atoms with van der Waals surface area (Å²) >= 11 is 0. The van der Waals surface area contributed by atoms with Gasteiger partial charge in [0.25, 0.3) is 0 Å². The number of carbonyl (C=O) groups excluding carboxylic acids is 2. The van der Waals surface area contributed by atoms with Crippen LogP contribution in [0.25, 0.3) is 0 Å². The number of carbonyl (C=O) groups is 2. The number of halogens is 1.